The van der Waals surface area contributed by atoms with Crippen LogP contribution in [0.25, 0.3) is 11.2 Å². The molecule has 0 spiro atoms. The Kier molecular flexibility index (Phi) is 4.62. The number of nitrogens with zero attached hydrogens (tertiary/aromatic N) is 5. The number of hydrogen-bond acceptors (Lipinski definition) is 7. The van der Waals surface area contributed by atoms with Crippen molar-refractivity contribution < 1.29 is 9.84 Å². The summed E-state index contributed by atoms with van der Waals surface area (Å²) < 4.78 is 26.6. The molecule has 0 atom stereocenters. The van der Waals surface area contributed by atoms with Gasteiger partial charge in [0.15, 0.2) is 5.65 Å². The van der Waals surface area contributed by atoms with E-state index in [2.05, 4.69) is 21.4 Å². The molecule has 0 amide bonds. The second-order valence-corrected chi connectivity index (χ2v) is 9.57. The van der Waals surface area contributed by atoms with Gasteiger partial charge in [0.1, 0.15) is 15.4 Å². The molecule has 10 heteroatoms. The second kappa shape index (κ2) is 7.00. The molecule has 29 heavy (non-hydrogen) atoms. The van der Waals surface area contributed by atoms with Gasteiger partial charge < -0.3 is 5.32 Å². The Labute approximate surface area is 169 Å². The largest absolute Gasteiger partial charge is 0.330 e. The number of imidazole rings is 1. The fourth-order valence-electron chi connectivity index (χ4n) is 3.65. The lowest BCUT2D eigenvalue weighted by Crippen LogP contribution is -2.32. The van der Waals surface area contributed by atoms with Gasteiger partial charge in [-0.1, -0.05) is 0 Å². The fraction of sp³-hybridized carbons (Fsp3) is 0.368. The molecule has 4 rings (SSSR count). The van der Waals surface area contributed by atoms with Crippen LogP contribution < -0.4 is 11.0 Å². The summed E-state index contributed by atoms with van der Waals surface area (Å²) >= 11 is 0. The van der Waals surface area contributed by atoms with E-state index in [-0.39, 0.29) is 24.7 Å². The number of nitrogens with one attached hydrogen (secondary N) is 1. The number of fused-ring (bicyclic) bond motifs is 1. The van der Waals surface area contributed by atoms with E-state index in [0.29, 0.717) is 35.5 Å². The van der Waals surface area contributed by atoms with Crippen LogP contribution >= 0.6 is 0 Å². The predicted molar refractivity (Wildman–Crippen MR) is 111 cm³/mol. The second-order valence-electron chi connectivity index (χ2n) is 7.26. The standard InChI is InChI=1S/C19H20N6O3S.H2/c1-12-9-13(10-20)3-4-15(12)22-18-21-11-16-17(23-18)25(19(26)24(16)2)14-5-7-29(27,28)8-6-14;/h3-4,9,11,14H,5-8H2,1-2H3,(H,21,22,23);1H. The lowest BCUT2D eigenvalue weighted by atomic mass is 10.1. The van der Waals surface area contributed by atoms with Gasteiger partial charge in [0.2, 0.25) is 5.95 Å². The number of nitriles is 1. The molecule has 1 fully saturated rings. The molecular weight excluding hydrogens is 392 g/mol. The van der Waals surface area contributed by atoms with Crippen molar-refractivity contribution in [1.82, 2.24) is 19.1 Å². The quantitative estimate of drug-likeness (QED) is 0.696. The summed E-state index contributed by atoms with van der Waals surface area (Å²) in [5.41, 5.74) is 3.03. The molecule has 1 aromatic carbocycles. The minimum Gasteiger partial charge on any atom is -0.324 e. The van der Waals surface area contributed by atoms with E-state index in [1.54, 1.807) is 36.0 Å². The maximum Gasteiger partial charge on any atom is 0.330 e. The molecule has 152 valence electrons. The van der Waals surface area contributed by atoms with Crippen molar-refractivity contribution in [3.05, 3.63) is 46.0 Å². The molecule has 3 heterocycles. The van der Waals surface area contributed by atoms with Crippen LogP contribution in [0, 0.1) is 18.3 Å². The smallest absolute Gasteiger partial charge is 0.324 e. The van der Waals surface area contributed by atoms with Gasteiger partial charge in [-0.15, -0.1) is 0 Å². The zero-order valence-electron chi connectivity index (χ0n) is 16.1. The van der Waals surface area contributed by atoms with E-state index in [4.69, 9.17) is 5.26 Å². The molecule has 0 aliphatic carbocycles. The number of aromatic nitrogens is 4. The number of rotatable bonds is 3. The van der Waals surface area contributed by atoms with Crippen LogP contribution in [0.15, 0.2) is 29.2 Å². The Balaban J connectivity index is 0.00000256. The highest BCUT2D eigenvalue weighted by atomic mass is 32.2. The Morgan fingerprint density at radius 2 is 2.03 bits per heavy atom. The number of benzene rings is 1. The van der Waals surface area contributed by atoms with Gasteiger partial charge in [0.25, 0.3) is 0 Å². The maximum atomic E-state index is 12.8. The summed E-state index contributed by atoms with van der Waals surface area (Å²) in [4.78, 5) is 21.7. The van der Waals surface area contributed by atoms with Gasteiger partial charge in [-0.25, -0.2) is 18.2 Å². The van der Waals surface area contributed by atoms with Crippen LogP contribution in [0.3, 0.4) is 0 Å². The zero-order valence-corrected chi connectivity index (χ0v) is 16.9. The average molecular weight is 414 g/mol. The summed E-state index contributed by atoms with van der Waals surface area (Å²) in [6, 6.07) is 7.14. The van der Waals surface area contributed by atoms with Crippen LogP contribution in [0.5, 0.6) is 0 Å². The Hall–Kier alpha value is -3.19. The van der Waals surface area contributed by atoms with Crippen molar-refractivity contribution in [2.75, 3.05) is 16.8 Å². The van der Waals surface area contributed by atoms with Crippen LogP contribution in [0.2, 0.25) is 0 Å². The Morgan fingerprint density at radius 1 is 1.31 bits per heavy atom. The average Bonchev–Trinajstić information content (AvgIpc) is 2.94. The first-order chi connectivity index (χ1) is 13.8. The number of anilines is 2. The molecule has 1 saturated heterocycles. The molecule has 0 saturated carbocycles. The molecule has 9 nitrogen and oxygen atoms in total. The van der Waals surface area contributed by atoms with Crippen molar-refractivity contribution in [3.8, 4) is 6.07 Å². The molecule has 1 N–H and O–H groups in total. The van der Waals surface area contributed by atoms with Gasteiger partial charge in [-0.2, -0.15) is 10.2 Å². The number of hydrogen-bond donors (Lipinski definition) is 1. The lowest BCUT2D eigenvalue weighted by Gasteiger charge is -2.22. The SMILES string of the molecule is Cc1cc(C#N)ccc1Nc1ncc2c(n1)n(C1CCS(=O)(=O)CC1)c(=O)n2C.[HH]. The summed E-state index contributed by atoms with van der Waals surface area (Å²) in [5.74, 6) is 0.468. The monoisotopic (exact) mass is 414 g/mol. The van der Waals surface area contributed by atoms with Crippen LogP contribution in [-0.2, 0) is 16.9 Å². The normalized spacial score (nSPS) is 16.6. The zero-order chi connectivity index (χ0) is 20.8. The summed E-state index contributed by atoms with van der Waals surface area (Å²) in [7, 11) is -1.38. The van der Waals surface area contributed by atoms with Gasteiger partial charge in [-0.05, 0) is 43.5 Å². The third-order valence-electron chi connectivity index (χ3n) is 5.32. The van der Waals surface area contributed by atoms with E-state index in [1.165, 1.54) is 4.57 Å². The number of aryl methyl sites for hydroxylation is 2. The molecule has 3 aromatic rings. The van der Waals surface area contributed by atoms with Crippen molar-refractivity contribution in [1.29, 1.82) is 5.26 Å². The van der Waals surface area contributed by atoms with Crippen molar-refractivity contribution in [3.63, 3.8) is 0 Å². The molecule has 0 unspecified atom stereocenters. The summed E-state index contributed by atoms with van der Waals surface area (Å²) in [6.45, 7) is 1.88. The van der Waals surface area contributed by atoms with E-state index in [9.17, 15) is 13.2 Å². The van der Waals surface area contributed by atoms with Crippen LogP contribution in [0.1, 0.15) is 31.4 Å². The van der Waals surface area contributed by atoms with Gasteiger partial charge >= 0.3 is 5.69 Å². The lowest BCUT2D eigenvalue weighted by molar-refractivity contribution is 0.443. The van der Waals surface area contributed by atoms with Gasteiger partial charge in [-0.3, -0.25) is 9.13 Å². The first kappa shape index (κ1) is 19.1. The summed E-state index contributed by atoms with van der Waals surface area (Å²) in [6.07, 6.45) is 2.37. The third kappa shape index (κ3) is 3.49. The van der Waals surface area contributed by atoms with Crippen molar-refractivity contribution in [2.24, 2.45) is 7.05 Å². The van der Waals surface area contributed by atoms with E-state index in [1.807, 2.05) is 6.92 Å². The molecule has 0 bridgehead atoms. The minimum atomic E-state index is -3.03. The first-order valence-corrected chi connectivity index (χ1v) is 11.0. The molecule has 0 radical (unpaired) electrons. The van der Waals surface area contributed by atoms with Gasteiger partial charge in [0.05, 0.1) is 29.3 Å². The third-order valence-corrected chi connectivity index (χ3v) is 7.04. The summed E-state index contributed by atoms with van der Waals surface area (Å²) in [5, 5.41) is 12.1. The van der Waals surface area contributed by atoms with E-state index < -0.39 is 9.84 Å². The van der Waals surface area contributed by atoms with E-state index >= 15 is 0 Å². The van der Waals surface area contributed by atoms with Crippen molar-refractivity contribution >= 4 is 32.6 Å². The highest BCUT2D eigenvalue weighted by Crippen LogP contribution is 2.27. The highest BCUT2D eigenvalue weighted by molar-refractivity contribution is 7.91. The first-order valence-electron chi connectivity index (χ1n) is 9.21. The molecular formula is C19H22N6O3S. The topological polar surface area (TPSA) is 123 Å². The van der Waals surface area contributed by atoms with E-state index in [0.717, 1.165) is 11.3 Å². The Morgan fingerprint density at radius 3 is 2.69 bits per heavy atom. The maximum absolute atomic E-state index is 12.8. The van der Waals surface area contributed by atoms with Gasteiger partial charge in [0, 0.05) is 20.2 Å². The van der Waals surface area contributed by atoms with Crippen LogP contribution in [0.4, 0.5) is 11.6 Å². The Bertz CT molecular complexity index is 1310. The molecule has 1 aliphatic heterocycles. The fourth-order valence-corrected chi connectivity index (χ4v) is 5.12. The molecule has 2 aromatic heterocycles. The number of sulfone groups is 1. The molecule has 1 aliphatic rings. The van der Waals surface area contributed by atoms with Crippen LogP contribution in [-0.4, -0.2) is 39.0 Å². The minimum absolute atomic E-state index is 0. The predicted octanol–water partition coefficient (Wildman–Crippen LogP) is 2.05. The highest BCUT2D eigenvalue weighted by Gasteiger charge is 2.28. The van der Waals surface area contributed by atoms with Crippen molar-refractivity contribution in [2.45, 2.75) is 25.8 Å².